The molecule has 0 aromatic carbocycles. The molecular formula is C12H22N2O2. The minimum atomic E-state index is -0.00756. The van der Waals surface area contributed by atoms with Gasteiger partial charge in [-0.25, -0.2) is 0 Å². The van der Waals surface area contributed by atoms with E-state index in [1.165, 1.54) is 12.8 Å². The van der Waals surface area contributed by atoms with Crippen molar-refractivity contribution in [1.29, 1.82) is 0 Å². The fourth-order valence-electron chi connectivity index (χ4n) is 2.28. The van der Waals surface area contributed by atoms with Crippen LogP contribution < -0.4 is 5.73 Å². The van der Waals surface area contributed by atoms with Gasteiger partial charge >= 0.3 is 0 Å². The third-order valence-electron chi connectivity index (χ3n) is 3.71. The summed E-state index contributed by atoms with van der Waals surface area (Å²) in [7, 11) is 0. The smallest absolute Gasteiger partial charge is 0.225 e. The maximum atomic E-state index is 12.2. The number of hydrogen-bond acceptors (Lipinski definition) is 3. The summed E-state index contributed by atoms with van der Waals surface area (Å²) < 4.78 is 5.56. The molecule has 2 fully saturated rings. The monoisotopic (exact) mass is 226 g/mol. The van der Waals surface area contributed by atoms with Crippen molar-refractivity contribution in [3.05, 3.63) is 0 Å². The molecule has 0 aromatic heterocycles. The van der Waals surface area contributed by atoms with E-state index in [0.717, 1.165) is 6.54 Å². The third kappa shape index (κ3) is 2.55. The predicted octanol–water partition coefficient (Wildman–Crippen LogP) is 0.607. The number of ether oxygens (including phenoxy) is 1. The molecule has 0 spiro atoms. The first-order valence-corrected chi connectivity index (χ1v) is 6.25. The molecule has 3 atom stereocenters. The van der Waals surface area contributed by atoms with E-state index >= 15 is 0 Å². The summed E-state index contributed by atoms with van der Waals surface area (Å²) >= 11 is 0. The van der Waals surface area contributed by atoms with Gasteiger partial charge in [0.25, 0.3) is 0 Å². The quantitative estimate of drug-likeness (QED) is 0.767. The number of rotatable bonds is 3. The zero-order valence-corrected chi connectivity index (χ0v) is 10.2. The molecule has 2 rings (SSSR count). The molecule has 2 aliphatic rings. The molecule has 1 saturated carbocycles. The first-order valence-electron chi connectivity index (χ1n) is 6.25. The second kappa shape index (κ2) is 4.72. The van der Waals surface area contributed by atoms with Gasteiger partial charge < -0.3 is 15.4 Å². The lowest BCUT2D eigenvalue weighted by Crippen LogP contribution is -2.52. The normalized spacial score (nSPS) is 29.9. The highest BCUT2D eigenvalue weighted by atomic mass is 16.5. The standard InChI is InChI=1S/C12H22N2O2/c1-8(10-3-4-10)12(15)14-5-6-16-11(7-14)9(2)13/h8-11H,3-7,13H2,1-2H3. The van der Waals surface area contributed by atoms with E-state index in [1.54, 1.807) is 0 Å². The topological polar surface area (TPSA) is 55.6 Å². The second-order valence-corrected chi connectivity index (χ2v) is 5.18. The maximum Gasteiger partial charge on any atom is 0.225 e. The zero-order valence-electron chi connectivity index (χ0n) is 10.2. The number of carbonyl (C=O) groups excluding carboxylic acids is 1. The van der Waals surface area contributed by atoms with Crippen LogP contribution in [0.25, 0.3) is 0 Å². The van der Waals surface area contributed by atoms with Crippen molar-refractivity contribution < 1.29 is 9.53 Å². The number of nitrogens with two attached hydrogens (primary N) is 1. The molecule has 92 valence electrons. The number of amides is 1. The molecule has 1 aliphatic heterocycles. The Morgan fingerprint density at radius 2 is 2.12 bits per heavy atom. The lowest BCUT2D eigenvalue weighted by atomic mass is 10.0. The first kappa shape index (κ1) is 11.9. The minimum Gasteiger partial charge on any atom is -0.373 e. The molecule has 1 heterocycles. The van der Waals surface area contributed by atoms with Crippen LogP contribution in [0.1, 0.15) is 26.7 Å². The predicted molar refractivity (Wildman–Crippen MR) is 61.9 cm³/mol. The fourth-order valence-corrected chi connectivity index (χ4v) is 2.28. The van der Waals surface area contributed by atoms with Gasteiger partial charge in [-0.2, -0.15) is 0 Å². The summed E-state index contributed by atoms with van der Waals surface area (Å²) in [6.07, 6.45) is 2.44. The summed E-state index contributed by atoms with van der Waals surface area (Å²) in [6, 6.07) is -0.00756. The summed E-state index contributed by atoms with van der Waals surface area (Å²) in [4.78, 5) is 14.1. The lowest BCUT2D eigenvalue weighted by molar-refractivity contribution is -0.143. The number of carbonyl (C=O) groups is 1. The number of morpholine rings is 1. The van der Waals surface area contributed by atoms with Crippen molar-refractivity contribution in [1.82, 2.24) is 4.90 Å². The van der Waals surface area contributed by atoms with Gasteiger partial charge in [-0.05, 0) is 25.7 Å². The van der Waals surface area contributed by atoms with Crippen molar-refractivity contribution in [3.63, 3.8) is 0 Å². The Morgan fingerprint density at radius 1 is 1.44 bits per heavy atom. The van der Waals surface area contributed by atoms with Gasteiger partial charge in [0.1, 0.15) is 0 Å². The van der Waals surface area contributed by atoms with Crippen molar-refractivity contribution in [2.24, 2.45) is 17.6 Å². The van der Waals surface area contributed by atoms with Crippen LogP contribution in [0.15, 0.2) is 0 Å². The Balaban J connectivity index is 1.90. The summed E-state index contributed by atoms with van der Waals surface area (Å²) in [5, 5.41) is 0. The van der Waals surface area contributed by atoms with Crippen molar-refractivity contribution >= 4 is 5.91 Å². The van der Waals surface area contributed by atoms with Crippen LogP contribution in [-0.2, 0) is 9.53 Å². The summed E-state index contributed by atoms with van der Waals surface area (Å²) in [5.41, 5.74) is 5.81. The number of hydrogen-bond donors (Lipinski definition) is 1. The van der Waals surface area contributed by atoms with Crippen molar-refractivity contribution in [2.45, 2.75) is 38.8 Å². The van der Waals surface area contributed by atoms with Crippen molar-refractivity contribution in [3.8, 4) is 0 Å². The van der Waals surface area contributed by atoms with Crippen LogP contribution in [0.3, 0.4) is 0 Å². The molecule has 0 aromatic rings. The lowest BCUT2D eigenvalue weighted by Gasteiger charge is -2.36. The third-order valence-corrected chi connectivity index (χ3v) is 3.71. The highest BCUT2D eigenvalue weighted by molar-refractivity contribution is 5.79. The first-order chi connectivity index (χ1) is 7.59. The van der Waals surface area contributed by atoms with Gasteiger partial charge in [-0.3, -0.25) is 4.79 Å². The van der Waals surface area contributed by atoms with E-state index in [1.807, 2.05) is 11.8 Å². The fraction of sp³-hybridized carbons (Fsp3) is 0.917. The van der Waals surface area contributed by atoms with Gasteiger partial charge in [0.15, 0.2) is 0 Å². The van der Waals surface area contributed by atoms with Crippen molar-refractivity contribution in [2.75, 3.05) is 19.7 Å². The Kier molecular flexibility index (Phi) is 3.50. The Labute approximate surface area is 97.1 Å². The molecule has 1 saturated heterocycles. The summed E-state index contributed by atoms with van der Waals surface area (Å²) in [6.45, 7) is 5.99. The van der Waals surface area contributed by atoms with E-state index < -0.39 is 0 Å². The van der Waals surface area contributed by atoms with Crippen LogP contribution in [0, 0.1) is 11.8 Å². The highest BCUT2D eigenvalue weighted by Crippen LogP contribution is 2.37. The molecule has 3 unspecified atom stereocenters. The van der Waals surface area contributed by atoms with Crippen LogP contribution in [0.2, 0.25) is 0 Å². The average molecular weight is 226 g/mol. The largest absolute Gasteiger partial charge is 0.373 e. The van der Waals surface area contributed by atoms with E-state index in [9.17, 15) is 4.79 Å². The highest BCUT2D eigenvalue weighted by Gasteiger charge is 2.36. The van der Waals surface area contributed by atoms with Gasteiger partial charge in [0.2, 0.25) is 5.91 Å². The van der Waals surface area contributed by atoms with E-state index in [4.69, 9.17) is 10.5 Å². The second-order valence-electron chi connectivity index (χ2n) is 5.18. The minimum absolute atomic E-state index is 0.00380. The molecule has 0 bridgehead atoms. The Morgan fingerprint density at radius 3 is 2.69 bits per heavy atom. The van der Waals surface area contributed by atoms with Gasteiger partial charge in [0.05, 0.1) is 12.7 Å². The molecular weight excluding hydrogens is 204 g/mol. The van der Waals surface area contributed by atoms with Crippen LogP contribution in [-0.4, -0.2) is 42.6 Å². The molecule has 2 N–H and O–H groups in total. The summed E-state index contributed by atoms with van der Waals surface area (Å²) in [5.74, 6) is 1.10. The van der Waals surface area contributed by atoms with E-state index in [2.05, 4.69) is 6.92 Å². The zero-order chi connectivity index (χ0) is 11.7. The average Bonchev–Trinajstić information content (AvgIpc) is 3.11. The molecule has 4 nitrogen and oxygen atoms in total. The molecule has 4 heteroatoms. The molecule has 1 amide bonds. The number of nitrogens with zero attached hydrogens (tertiary/aromatic N) is 1. The van der Waals surface area contributed by atoms with Crippen LogP contribution >= 0.6 is 0 Å². The molecule has 0 radical (unpaired) electrons. The van der Waals surface area contributed by atoms with E-state index in [-0.39, 0.29) is 24.0 Å². The maximum absolute atomic E-state index is 12.2. The van der Waals surface area contributed by atoms with Crippen LogP contribution in [0.4, 0.5) is 0 Å². The van der Waals surface area contributed by atoms with Gasteiger partial charge in [-0.1, -0.05) is 6.92 Å². The van der Waals surface area contributed by atoms with Gasteiger partial charge in [0, 0.05) is 25.0 Å². The van der Waals surface area contributed by atoms with E-state index in [0.29, 0.717) is 19.1 Å². The Bertz CT molecular complexity index is 264. The van der Waals surface area contributed by atoms with Crippen LogP contribution in [0.5, 0.6) is 0 Å². The molecule has 1 aliphatic carbocycles. The Hall–Kier alpha value is -0.610. The van der Waals surface area contributed by atoms with Gasteiger partial charge in [-0.15, -0.1) is 0 Å². The SMILES string of the molecule is CC(N)C1CN(C(=O)C(C)C2CC2)CCO1. The molecule has 16 heavy (non-hydrogen) atoms.